The van der Waals surface area contributed by atoms with Crippen LogP contribution in [0.15, 0.2) is 45.7 Å². The van der Waals surface area contributed by atoms with Crippen molar-refractivity contribution in [3.63, 3.8) is 0 Å². The van der Waals surface area contributed by atoms with Crippen LogP contribution in [-0.2, 0) is 19.7 Å². The summed E-state index contributed by atoms with van der Waals surface area (Å²) in [6.45, 7) is 10.3. The molecule has 1 heterocycles. The highest BCUT2D eigenvalue weighted by Gasteiger charge is 2.72. The minimum Gasteiger partial charge on any atom is -0.324 e. The lowest BCUT2D eigenvalue weighted by atomic mass is 9.95. The molecular weight excluding hydrogens is 658 g/mol. The largest absolute Gasteiger partial charge is 0.469 e. The van der Waals surface area contributed by atoms with Crippen molar-refractivity contribution < 1.29 is 65.2 Å². The highest BCUT2D eigenvalue weighted by Crippen LogP contribution is 2.52. The van der Waals surface area contributed by atoms with E-state index in [4.69, 9.17) is 5.41 Å². The van der Waals surface area contributed by atoms with Crippen molar-refractivity contribution in [2.45, 2.75) is 56.0 Å². The van der Waals surface area contributed by atoms with E-state index < -0.39 is 69.2 Å². The first-order valence-electron chi connectivity index (χ1n) is 13.0. The predicted octanol–water partition coefficient (Wildman–Crippen LogP) is 6.88. The molecule has 1 aromatic carbocycles. The van der Waals surface area contributed by atoms with Crippen molar-refractivity contribution in [3.05, 3.63) is 56.9 Å². The molecule has 0 amide bonds. The molecule has 0 atom stereocenters. The number of allylic oxidation sites excluding steroid dienone is 4. The zero-order valence-electron chi connectivity index (χ0n) is 23.1. The summed E-state index contributed by atoms with van der Waals surface area (Å²) in [5.74, 6) is 0. The molecule has 1 aliphatic heterocycles. The quantitative estimate of drug-likeness (QED) is 0.250. The summed E-state index contributed by atoms with van der Waals surface area (Å²) in [5, 5.41) is -5.85. The van der Waals surface area contributed by atoms with Gasteiger partial charge in [0.1, 0.15) is 4.91 Å². The molecule has 0 aromatic heterocycles. The average Bonchev–Trinajstić information content (AvgIpc) is 3.53. The monoisotopic (exact) mass is 685 g/mol. The number of halogens is 10. The average molecular weight is 686 g/mol. The fourth-order valence-corrected chi connectivity index (χ4v) is 8.39. The Balaban J connectivity index is 0.000000448. The number of benzene rings is 1. The van der Waals surface area contributed by atoms with Crippen LogP contribution in [0, 0.1) is 5.41 Å². The minimum absolute atomic E-state index is 0.0223. The zero-order valence-corrected chi connectivity index (χ0v) is 24.7. The molecule has 2 aliphatic carbocycles. The Morgan fingerprint density at radius 1 is 0.750 bits per heavy atom. The van der Waals surface area contributed by atoms with Crippen LogP contribution < -0.4 is 0 Å². The fraction of sp³-hybridized carbons (Fsp3) is 0.500. The number of alkyl halides is 10. The first-order chi connectivity index (χ1) is 19.9. The van der Waals surface area contributed by atoms with Gasteiger partial charge in [0.05, 0.1) is 36.8 Å². The number of sulfone groups is 2. The Morgan fingerprint density at radius 2 is 1.25 bits per heavy atom. The van der Waals surface area contributed by atoms with Crippen LogP contribution in [-0.4, -0.2) is 76.1 Å². The van der Waals surface area contributed by atoms with E-state index in [1.165, 1.54) is 68.1 Å². The number of hydrogen-bond donors (Lipinski definition) is 1. The van der Waals surface area contributed by atoms with Gasteiger partial charge >= 0.3 is 22.9 Å². The summed E-state index contributed by atoms with van der Waals surface area (Å²) in [6, 6.07) is 4.95. The summed E-state index contributed by atoms with van der Waals surface area (Å²) in [5.41, 5.74) is -3.48. The Bertz CT molecular complexity index is 1630. The molecule has 18 heteroatoms. The van der Waals surface area contributed by atoms with Gasteiger partial charge in [0.15, 0.2) is 0 Å². The van der Waals surface area contributed by atoms with Gasteiger partial charge in [-0.15, -0.1) is 0 Å². The lowest BCUT2D eigenvalue weighted by Crippen LogP contribution is -2.48. The van der Waals surface area contributed by atoms with E-state index >= 15 is 0 Å². The number of rotatable bonds is 7. The first-order valence-corrected chi connectivity index (χ1v) is 16.0. The van der Waals surface area contributed by atoms with Crippen molar-refractivity contribution >= 4 is 37.0 Å². The van der Waals surface area contributed by atoms with Gasteiger partial charge < -0.3 is 4.48 Å². The van der Waals surface area contributed by atoms with Crippen LogP contribution in [0.25, 0.3) is 11.6 Å². The Morgan fingerprint density at radius 3 is 1.73 bits per heavy atom. The predicted molar refractivity (Wildman–Crippen MR) is 142 cm³/mol. The third-order valence-corrected chi connectivity index (χ3v) is 11.4. The molecule has 0 radical (unpaired) electrons. The number of nitrogens with zero attached hydrogens (tertiary/aromatic N) is 1. The van der Waals surface area contributed by atoms with Crippen molar-refractivity contribution in [1.82, 2.24) is 0 Å². The molecule has 1 fully saturated rings. The van der Waals surface area contributed by atoms with E-state index in [1.54, 1.807) is 0 Å². The zero-order chi connectivity index (χ0) is 33.7. The van der Waals surface area contributed by atoms with E-state index in [0.29, 0.717) is 0 Å². The normalized spacial score (nSPS) is 19.1. The van der Waals surface area contributed by atoms with Crippen molar-refractivity contribution in [1.29, 1.82) is 5.41 Å². The summed E-state index contributed by atoms with van der Waals surface area (Å²) < 4.78 is 183. The summed E-state index contributed by atoms with van der Waals surface area (Å²) in [6.07, 6.45) is -8.93. The van der Waals surface area contributed by atoms with Gasteiger partial charge in [0.25, 0.3) is 19.7 Å². The summed E-state index contributed by atoms with van der Waals surface area (Å²) in [7, 11) is -14.7. The molecule has 0 spiro atoms. The molecular formula is C26H27F10N2O4S2+. The van der Waals surface area contributed by atoms with Gasteiger partial charge in [0, 0.05) is 18.4 Å². The van der Waals surface area contributed by atoms with Gasteiger partial charge in [-0.3, -0.25) is 5.41 Å². The van der Waals surface area contributed by atoms with Crippen molar-refractivity contribution in [2.75, 3.05) is 26.2 Å². The van der Waals surface area contributed by atoms with E-state index in [2.05, 4.69) is 13.8 Å². The number of quaternary nitrogens is 1. The van der Waals surface area contributed by atoms with Crippen LogP contribution >= 0.6 is 0 Å². The molecule has 1 aromatic rings. The molecule has 0 bridgehead atoms. The fourth-order valence-electron chi connectivity index (χ4n) is 5.27. The second-order valence-electron chi connectivity index (χ2n) is 10.3. The topological polar surface area (TPSA) is 92.1 Å². The molecule has 44 heavy (non-hydrogen) atoms. The Labute approximate surface area is 246 Å². The lowest BCUT2D eigenvalue weighted by Gasteiger charge is -2.32. The van der Waals surface area contributed by atoms with Crippen LogP contribution in [0.2, 0.25) is 0 Å². The Kier molecular flexibility index (Phi) is 9.40. The number of hydrogen-bond acceptors (Lipinski definition) is 5. The van der Waals surface area contributed by atoms with Gasteiger partial charge in [-0.05, 0) is 42.2 Å². The van der Waals surface area contributed by atoms with Gasteiger partial charge in [0.2, 0.25) is 0 Å². The lowest BCUT2D eigenvalue weighted by molar-refractivity contribution is -0.915. The maximum absolute atomic E-state index is 13.9. The van der Waals surface area contributed by atoms with E-state index in [9.17, 15) is 60.7 Å². The molecule has 1 saturated heterocycles. The van der Waals surface area contributed by atoms with Crippen LogP contribution in [0.1, 0.15) is 44.2 Å². The molecule has 0 unspecified atom stereocenters. The third kappa shape index (κ3) is 5.72. The first kappa shape index (κ1) is 35.7. The Hall–Kier alpha value is -2.73. The molecule has 4 rings (SSSR count). The highest BCUT2D eigenvalue weighted by atomic mass is 32.2. The van der Waals surface area contributed by atoms with Crippen molar-refractivity contribution in [3.8, 4) is 0 Å². The number of likely N-dealkylation sites (tertiary alicyclic amines) is 1. The SMILES string of the molecule is CCC[N+]1(CC)CCCC1.N=C1C2=Cc3ccccc3C2=CC(S(=O)(=O)C(F)(F)C(F)(F)F)=C1S(=O)(=O)C(F)(F)C(F)(F)F. The van der Waals surface area contributed by atoms with E-state index in [-0.39, 0.29) is 17.2 Å². The summed E-state index contributed by atoms with van der Waals surface area (Å²) in [4.78, 5) is -5.57. The van der Waals surface area contributed by atoms with Gasteiger partial charge in [-0.2, -0.15) is 43.9 Å². The highest BCUT2D eigenvalue weighted by molar-refractivity contribution is 8.01. The van der Waals surface area contributed by atoms with E-state index in [0.717, 1.165) is 12.1 Å². The maximum Gasteiger partial charge on any atom is 0.469 e. The van der Waals surface area contributed by atoms with Crippen LogP contribution in [0.4, 0.5) is 43.9 Å². The van der Waals surface area contributed by atoms with Gasteiger partial charge in [-0.25, -0.2) is 16.8 Å². The third-order valence-electron chi connectivity index (χ3n) is 7.61. The second-order valence-corrected chi connectivity index (χ2v) is 14.2. The molecule has 6 nitrogen and oxygen atoms in total. The second kappa shape index (κ2) is 11.6. The van der Waals surface area contributed by atoms with E-state index in [1.807, 2.05) is 0 Å². The number of fused-ring (bicyclic) bond motifs is 3. The van der Waals surface area contributed by atoms with Crippen molar-refractivity contribution in [2.24, 2.45) is 0 Å². The maximum atomic E-state index is 13.9. The molecule has 0 saturated carbocycles. The van der Waals surface area contributed by atoms with Crippen LogP contribution in [0.5, 0.6) is 0 Å². The molecule has 3 aliphatic rings. The molecule has 1 N–H and O–H groups in total. The minimum atomic E-state index is -7.40. The smallest absolute Gasteiger partial charge is 0.324 e. The standard InChI is InChI=1S/C17H7F10NO4S2.C9H20N/c18-14(19,20)16(24,25)33(29,30)11-6-9-8-4-2-1-3-7(8)5-10(9)12(28)13(11)34(31,32)17(26,27)15(21,22)23;1-3-7-10(4-2)8-5-6-9-10/h1-6,28H;3-9H2,1-2H3/q;+1. The molecule has 246 valence electrons. The van der Waals surface area contributed by atoms with Crippen LogP contribution in [0.3, 0.4) is 0 Å². The summed E-state index contributed by atoms with van der Waals surface area (Å²) >= 11 is 0. The van der Waals surface area contributed by atoms with Gasteiger partial charge in [-0.1, -0.05) is 31.2 Å². The number of nitrogens with one attached hydrogen (secondary N) is 1.